The number of fused-ring (bicyclic) bond motifs is 1. The largest absolute Gasteiger partial charge is 0.493 e. The molecule has 80 valence electrons. The zero-order valence-corrected chi connectivity index (χ0v) is 9.78. The fourth-order valence-electron chi connectivity index (χ4n) is 1.24. The molecule has 0 aromatic heterocycles. The van der Waals surface area contributed by atoms with Crippen LogP contribution in [0.15, 0.2) is 22.0 Å². The molecular formula is C9H9ClN2O2S. The standard InChI is InChI=1S/C9H9ClN2O2S/c1-13-6-3-5-8(4-7(6)14-2)15-12-9(10)11-5/h3-4H,1-2H3,(H,11,12). The Morgan fingerprint density at radius 2 is 1.93 bits per heavy atom. The van der Waals surface area contributed by atoms with E-state index in [-0.39, 0.29) is 0 Å². The molecule has 2 rings (SSSR count). The molecule has 0 atom stereocenters. The van der Waals surface area contributed by atoms with Crippen molar-refractivity contribution < 1.29 is 9.47 Å². The minimum Gasteiger partial charge on any atom is -0.493 e. The van der Waals surface area contributed by atoms with E-state index in [0.717, 1.165) is 10.6 Å². The van der Waals surface area contributed by atoms with E-state index in [1.54, 1.807) is 20.3 Å². The number of amidine groups is 1. The number of nitrogens with zero attached hydrogens (tertiary/aromatic N) is 1. The highest BCUT2D eigenvalue weighted by molar-refractivity contribution is 7.98. The van der Waals surface area contributed by atoms with Crippen LogP contribution in [-0.2, 0) is 0 Å². The first-order valence-corrected chi connectivity index (χ1v) is 5.37. The van der Waals surface area contributed by atoms with E-state index in [9.17, 15) is 0 Å². The van der Waals surface area contributed by atoms with Crippen LogP contribution < -0.4 is 14.2 Å². The van der Waals surface area contributed by atoms with E-state index in [2.05, 4.69) is 9.71 Å². The van der Waals surface area contributed by atoms with Crippen molar-refractivity contribution in [2.75, 3.05) is 14.2 Å². The van der Waals surface area contributed by atoms with Crippen LogP contribution in [0.4, 0.5) is 5.69 Å². The zero-order valence-electron chi connectivity index (χ0n) is 8.20. The number of halogens is 1. The summed E-state index contributed by atoms with van der Waals surface area (Å²) in [6.07, 6.45) is 0. The summed E-state index contributed by atoms with van der Waals surface area (Å²) >= 11 is 7.16. The molecule has 1 N–H and O–H groups in total. The molecule has 1 aromatic rings. The van der Waals surface area contributed by atoms with Crippen molar-refractivity contribution in [2.45, 2.75) is 4.90 Å². The second kappa shape index (κ2) is 4.20. The number of aliphatic imine (C=N–C) groups is 1. The van der Waals surface area contributed by atoms with Gasteiger partial charge in [-0.15, -0.1) is 0 Å². The van der Waals surface area contributed by atoms with Gasteiger partial charge >= 0.3 is 0 Å². The quantitative estimate of drug-likeness (QED) is 0.641. The van der Waals surface area contributed by atoms with E-state index >= 15 is 0 Å². The van der Waals surface area contributed by atoms with Crippen LogP contribution in [0.2, 0.25) is 0 Å². The molecular weight excluding hydrogens is 236 g/mol. The number of nitrogens with one attached hydrogen (secondary N) is 1. The predicted molar refractivity (Wildman–Crippen MR) is 61.5 cm³/mol. The predicted octanol–water partition coefficient (Wildman–Crippen LogP) is 2.54. The Morgan fingerprint density at radius 3 is 2.60 bits per heavy atom. The van der Waals surface area contributed by atoms with Crippen LogP contribution in [-0.4, -0.2) is 19.5 Å². The molecule has 0 saturated heterocycles. The van der Waals surface area contributed by atoms with Gasteiger partial charge < -0.3 is 14.2 Å². The third-order valence-electron chi connectivity index (χ3n) is 1.93. The molecule has 0 unspecified atom stereocenters. The Morgan fingerprint density at radius 1 is 1.27 bits per heavy atom. The highest BCUT2D eigenvalue weighted by Gasteiger charge is 2.15. The fourth-order valence-corrected chi connectivity index (χ4v) is 2.07. The molecule has 1 heterocycles. The fraction of sp³-hybridized carbons (Fsp3) is 0.222. The molecule has 0 amide bonds. The molecule has 1 aliphatic rings. The summed E-state index contributed by atoms with van der Waals surface area (Å²) in [6, 6.07) is 3.66. The lowest BCUT2D eigenvalue weighted by molar-refractivity contribution is 0.354. The third kappa shape index (κ3) is 1.98. The van der Waals surface area contributed by atoms with Crippen LogP contribution >= 0.6 is 23.5 Å². The Hall–Kier alpha value is -1.07. The van der Waals surface area contributed by atoms with Gasteiger partial charge in [0.05, 0.1) is 24.8 Å². The smallest absolute Gasteiger partial charge is 0.206 e. The minimum absolute atomic E-state index is 0.361. The van der Waals surface area contributed by atoms with Crippen molar-refractivity contribution in [1.82, 2.24) is 4.72 Å². The van der Waals surface area contributed by atoms with Crippen molar-refractivity contribution in [2.24, 2.45) is 4.99 Å². The van der Waals surface area contributed by atoms with E-state index in [1.807, 2.05) is 6.07 Å². The van der Waals surface area contributed by atoms with Crippen LogP contribution in [0, 0.1) is 0 Å². The summed E-state index contributed by atoms with van der Waals surface area (Å²) < 4.78 is 13.2. The number of ether oxygens (including phenoxy) is 2. The molecule has 1 aliphatic heterocycles. The number of methoxy groups -OCH3 is 2. The highest BCUT2D eigenvalue weighted by Crippen LogP contribution is 2.40. The summed E-state index contributed by atoms with van der Waals surface area (Å²) in [4.78, 5) is 5.10. The van der Waals surface area contributed by atoms with Crippen molar-refractivity contribution in [1.29, 1.82) is 0 Å². The molecule has 0 saturated carbocycles. The summed E-state index contributed by atoms with van der Waals surface area (Å²) in [5.74, 6) is 1.32. The number of rotatable bonds is 2. The molecule has 0 fully saturated rings. The lowest BCUT2D eigenvalue weighted by Crippen LogP contribution is -2.11. The highest BCUT2D eigenvalue weighted by atomic mass is 35.5. The monoisotopic (exact) mass is 244 g/mol. The SMILES string of the molecule is COc1cc2c(cc1OC)SNC(Cl)=N2. The van der Waals surface area contributed by atoms with Gasteiger partial charge in [0.15, 0.2) is 11.5 Å². The van der Waals surface area contributed by atoms with Crippen molar-refractivity contribution >= 4 is 34.5 Å². The maximum Gasteiger partial charge on any atom is 0.206 e. The molecule has 0 aliphatic carbocycles. The Bertz CT molecular complexity index is 423. The summed E-state index contributed by atoms with van der Waals surface area (Å²) in [6.45, 7) is 0. The summed E-state index contributed by atoms with van der Waals surface area (Å²) in [7, 11) is 3.19. The van der Waals surface area contributed by atoms with Gasteiger partial charge in [0.2, 0.25) is 5.29 Å². The van der Waals surface area contributed by atoms with Crippen molar-refractivity contribution in [3.63, 3.8) is 0 Å². The molecule has 4 nitrogen and oxygen atoms in total. The van der Waals surface area contributed by atoms with Gasteiger partial charge in [-0.3, -0.25) is 0 Å². The van der Waals surface area contributed by atoms with Gasteiger partial charge in [-0.2, -0.15) is 0 Å². The second-order valence-electron chi connectivity index (χ2n) is 2.78. The topological polar surface area (TPSA) is 42.9 Å². The molecule has 0 bridgehead atoms. The van der Waals surface area contributed by atoms with Gasteiger partial charge in [-0.25, -0.2) is 4.99 Å². The van der Waals surface area contributed by atoms with Crippen LogP contribution in [0.5, 0.6) is 11.5 Å². The van der Waals surface area contributed by atoms with Gasteiger partial charge in [0, 0.05) is 12.1 Å². The Kier molecular flexibility index (Phi) is 2.93. The first-order valence-electron chi connectivity index (χ1n) is 4.17. The van der Waals surface area contributed by atoms with Gasteiger partial charge in [0.1, 0.15) is 0 Å². The number of hydrogen-bond donors (Lipinski definition) is 1. The third-order valence-corrected chi connectivity index (χ3v) is 3.06. The zero-order chi connectivity index (χ0) is 10.8. The van der Waals surface area contributed by atoms with Crippen LogP contribution in [0.25, 0.3) is 0 Å². The van der Waals surface area contributed by atoms with Crippen molar-refractivity contribution in [3.05, 3.63) is 12.1 Å². The number of benzene rings is 1. The molecule has 0 radical (unpaired) electrons. The van der Waals surface area contributed by atoms with E-state index in [4.69, 9.17) is 21.1 Å². The molecule has 15 heavy (non-hydrogen) atoms. The molecule has 0 spiro atoms. The first-order chi connectivity index (χ1) is 7.24. The second-order valence-corrected chi connectivity index (χ2v) is 3.99. The van der Waals surface area contributed by atoms with E-state index < -0.39 is 0 Å². The molecule has 6 heteroatoms. The summed E-state index contributed by atoms with van der Waals surface area (Å²) in [5.41, 5.74) is 0.779. The van der Waals surface area contributed by atoms with E-state index in [0.29, 0.717) is 16.8 Å². The number of hydrogen-bond acceptors (Lipinski definition) is 5. The average Bonchev–Trinajstić information content (AvgIpc) is 2.27. The van der Waals surface area contributed by atoms with Gasteiger partial charge in [-0.1, -0.05) is 0 Å². The van der Waals surface area contributed by atoms with Gasteiger partial charge in [0.25, 0.3) is 0 Å². The van der Waals surface area contributed by atoms with Gasteiger partial charge in [-0.05, 0) is 23.5 Å². The maximum absolute atomic E-state index is 5.76. The first kappa shape index (κ1) is 10.4. The Labute approximate surface area is 96.8 Å². The van der Waals surface area contributed by atoms with E-state index in [1.165, 1.54) is 11.9 Å². The van der Waals surface area contributed by atoms with Crippen LogP contribution in [0.3, 0.4) is 0 Å². The average molecular weight is 245 g/mol. The van der Waals surface area contributed by atoms with Crippen molar-refractivity contribution in [3.8, 4) is 11.5 Å². The lowest BCUT2D eigenvalue weighted by Gasteiger charge is -2.15. The Balaban J connectivity index is 2.51. The molecule has 1 aromatic carbocycles. The maximum atomic E-state index is 5.76. The normalized spacial score (nSPS) is 13.7. The van der Waals surface area contributed by atoms with Crippen LogP contribution in [0.1, 0.15) is 0 Å². The lowest BCUT2D eigenvalue weighted by atomic mass is 10.3. The summed E-state index contributed by atoms with van der Waals surface area (Å²) in [5, 5.41) is 0.361. The minimum atomic E-state index is 0.361.